The van der Waals surface area contributed by atoms with E-state index in [0.717, 1.165) is 5.13 Å². The molecular weight excluding hydrogens is 380 g/mol. The summed E-state index contributed by atoms with van der Waals surface area (Å²) < 4.78 is 2.31. The Bertz CT molecular complexity index is 787. The largest absolute Gasteiger partial charge is 1.00 e. The topological polar surface area (TPSA) is 15.9 Å². The molecule has 0 atom stereocenters. The van der Waals surface area contributed by atoms with Crippen molar-refractivity contribution in [1.82, 2.24) is 0 Å². The second-order valence-corrected chi connectivity index (χ2v) is 7.70. The van der Waals surface area contributed by atoms with Gasteiger partial charge in [-0.1, -0.05) is 59.4 Å². The average Bonchev–Trinajstić information content (AvgIpc) is 2.90. The van der Waals surface area contributed by atoms with Crippen LogP contribution in [0.15, 0.2) is 60.0 Å². The van der Waals surface area contributed by atoms with E-state index in [2.05, 4.69) is 97.6 Å². The Hall–Kier alpha value is -1.65. The number of hydrogen-bond donors (Lipinski definition) is 1. The van der Waals surface area contributed by atoms with Crippen molar-refractivity contribution in [1.29, 1.82) is 0 Å². The van der Waals surface area contributed by atoms with Crippen LogP contribution in [-0.2, 0) is 0 Å². The molecule has 0 spiro atoms. The Labute approximate surface area is 159 Å². The third-order valence-corrected chi connectivity index (χ3v) is 4.42. The lowest BCUT2D eigenvalue weighted by molar-refractivity contribution is -0.564. The van der Waals surface area contributed by atoms with Gasteiger partial charge >= 0.3 is 5.13 Å². The third-order valence-electron chi connectivity index (χ3n) is 3.57. The van der Waals surface area contributed by atoms with Gasteiger partial charge in [0.05, 0.1) is 5.54 Å². The molecule has 0 amide bonds. The van der Waals surface area contributed by atoms with Crippen LogP contribution in [0.25, 0.3) is 16.9 Å². The second kappa shape index (κ2) is 7.49. The number of thiazole rings is 1. The monoisotopic (exact) mass is 402 g/mol. The second-order valence-electron chi connectivity index (χ2n) is 6.84. The van der Waals surface area contributed by atoms with Crippen LogP contribution in [-0.4, -0.2) is 5.54 Å². The minimum absolute atomic E-state index is 0. The van der Waals surface area contributed by atoms with Gasteiger partial charge in [-0.3, -0.25) is 5.32 Å². The Morgan fingerprint density at radius 2 is 1.54 bits per heavy atom. The summed E-state index contributed by atoms with van der Waals surface area (Å²) in [6.45, 7) is 8.69. The van der Waals surface area contributed by atoms with Crippen molar-refractivity contribution in [3.63, 3.8) is 0 Å². The average molecular weight is 403 g/mol. The Balaban J connectivity index is 0.00000208. The minimum atomic E-state index is 0. The van der Waals surface area contributed by atoms with E-state index in [0.29, 0.717) is 0 Å². The van der Waals surface area contributed by atoms with Crippen molar-refractivity contribution in [3.05, 3.63) is 65.5 Å². The lowest BCUT2D eigenvalue weighted by Crippen LogP contribution is -3.00. The molecule has 0 fully saturated rings. The van der Waals surface area contributed by atoms with Gasteiger partial charge < -0.3 is 17.0 Å². The van der Waals surface area contributed by atoms with Crippen molar-refractivity contribution in [2.75, 3.05) is 5.32 Å². The Morgan fingerprint density at radius 1 is 0.917 bits per heavy atom. The van der Waals surface area contributed by atoms with E-state index in [-0.39, 0.29) is 22.5 Å². The highest BCUT2D eigenvalue weighted by molar-refractivity contribution is 7.13. The van der Waals surface area contributed by atoms with E-state index in [9.17, 15) is 0 Å². The molecule has 0 aliphatic rings. The zero-order valence-electron chi connectivity index (χ0n) is 14.5. The van der Waals surface area contributed by atoms with Gasteiger partial charge in [0.15, 0.2) is 5.69 Å². The quantitative estimate of drug-likeness (QED) is 0.664. The third kappa shape index (κ3) is 4.25. The summed E-state index contributed by atoms with van der Waals surface area (Å²) in [7, 11) is 0. The summed E-state index contributed by atoms with van der Waals surface area (Å²) >= 11 is 1.75. The predicted octanol–water partition coefficient (Wildman–Crippen LogP) is 2.21. The molecule has 0 saturated carbocycles. The van der Waals surface area contributed by atoms with Gasteiger partial charge in [0.1, 0.15) is 5.69 Å². The summed E-state index contributed by atoms with van der Waals surface area (Å²) in [4.78, 5) is 0. The van der Waals surface area contributed by atoms with Crippen molar-refractivity contribution in [3.8, 4) is 16.9 Å². The maximum Gasteiger partial charge on any atom is 0.339 e. The van der Waals surface area contributed by atoms with Crippen molar-refractivity contribution < 1.29 is 21.5 Å². The molecule has 0 aliphatic heterocycles. The smallest absolute Gasteiger partial charge is 0.339 e. The fourth-order valence-electron chi connectivity index (χ4n) is 2.49. The number of hydrogen-bond acceptors (Lipinski definition) is 2. The first-order chi connectivity index (χ1) is 10.9. The molecule has 4 heteroatoms. The van der Waals surface area contributed by atoms with Crippen LogP contribution >= 0.6 is 11.3 Å². The molecular formula is C20H23BrN2S. The van der Waals surface area contributed by atoms with Gasteiger partial charge in [0.25, 0.3) is 0 Å². The SMILES string of the molecule is Cc1ccc(-[n+]2c(-c3ccccc3)csc2NC(C)(C)C)cc1.[Br-]. The first-order valence-corrected chi connectivity index (χ1v) is 8.76. The molecule has 3 aromatic rings. The number of nitrogens with zero attached hydrogens (tertiary/aromatic N) is 1. The summed E-state index contributed by atoms with van der Waals surface area (Å²) in [6, 6.07) is 19.2. The van der Waals surface area contributed by atoms with Crippen LogP contribution in [0.1, 0.15) is 26.3 Å². The molecule has 3 rings (SSSR count). The fourth-order valence-corrected chi connectivity index (χ4v) is 3.63. The minimum Gasteiger partial charge on any atom is -1.00 e. The van der Waals surface area contributed by atoms with Gasteiger partial charge in [-0.05, 0) is 39.8 Å². The molecule has 0 saturated heterocycles. The van der Waals surface area contributed by atoms with Crippen LogP contribution < -0.4 is 26.9 Å². The number of anilines is 1. The number of rotatable bonds is 3. The molecule has 1 heterocycles. The van der Waals surface area contributed by atoms with E-state index in [1.54, 1.807) is 11.3 Å². The Morgan fingerprint density at radius 3 is 2.12 bits per heavy atom. The molecule has 2 aromatic carbocycles. The lowest BCUT2D eigenvalue weighted by Gasteiger charge is -2.15. The molecule has 126 valence electrons. The lowest BCUT2D eigenvalue weighted by atomic mass is 10.1. The molecule has 1 N–H and O–H groups in total. The number of benzene rings is 2. The van der Waals surface area contributed by atoms with Gasteiger partial charge in [0.2, 0.25) is 0 Å². The normalized spacial score (nSPS) is 11.0. The highest BCUT2D eigenvalue weighted by Crippen LogP contribution is 2.27. The summed E-state index contributed by atoms with van der Waals surface area (Å²) in [5.74, 6) is 0. The van der Waals surface area contributed by atoms with E-state index >= 15 is 0 Å². The van der Waals surface area contributed by atoms with Gasteiger partial charge in [-0.25, -0.2) is 0 Å². The van der Waals surface area contributed by atoms with Gasteiger partial charge in [0, 0.05) is 10.9 Å². The van der Waals surface area contributed by atoms with Crippen LogP contribution in [0, 0.1) is 6.92 Å². The first kappa shape index (κ1) is 18.7. The number of nitrogens with one attached hydrogen (secondary N) is 1. The molecule has 2 nitrogen and oxygen atoms in total. The molecule has 0 radical (unpaired) electrons. The number of aryl methyl sites for hydroxylation is 1. The fraction of sp³-hybridized carbons (Fsp3) is 0.250. The molecule has 1 aromatic heterocycles. The van der Waals surface area contributed by atoms with Crippen molar-refractivity contribution >= 4 is 16.5 Å². The summed E-state index contributed by atoms with van der Waals surface area (Å²) in [6.07, 6.45) is 0. The summed E-state index contributed by atoms with van der Waals surface area (Å²) in [5, 5.41) is 7.01. The van der Waals surface area contributed by atoms with Crippen LogP contribution in [0.3, 0.4) is 0 Å². The van der Waals surface area contributed by atoms with E-state index in [4.69, 9.17) is 0 Å². The zero-order chi connectivity index (χ0) is 16.4. The van der Waals surface area contributed by atoms with E-state index < -0.39 is 0 Å². The summed E-state index contributed by atoms with van der Waals surface area (Å²) in [5.41, 5.74) is 4.92. The Kier molecular flexibility index (Phi) is 5.83. The van der Waals surface area contributed by atoms with Crippen LogP contribution in [0.4, 0.5) is 5.13 Å². The zero-order valence-corrected chi connectivity index (χ0v) is 16.9. The van der Waals surface area contributed by atoms with Crippen LogP contribution in [0.2, 0.25) is 0 Å². The van der Waals surface area contributed by atoms with Gasteiger partial charge in [-0.2, -0.15) is 4.57 Å². The maximum atomic E-state index is 3.63. The maximum absolute atomic E-state index is 3.63. The molecule has 24 heavy (non-hydrogen) atoms. The van der Waals surface area contributed by atoms with Crippen molar-refractivity contribution in [2.24, 2.45) is 0 Å². The molecule has 0 bridgehead atoms. The van der Waals surface area contributed by atoms with Crippen molar-refractivity contribution in [2.45, 2.75) is 33.2 Å². The van der Waals surface area contributed by atoms with Crippen LogP contribution in [0.5, 0.6) is 0 Å². The highest BCUT2D eigenvalue weighted by atomic mass is 79.9. The standard InChI is InChI=1S/C20H22N2S.BrH/c1-15-10-12-17(13-11-15)22-18(16-8-6-5-7-9-16)14-23-19(22)21-20(2,3)4;/h5-14H,1-4H3;1H. The number of aromatic nitrogens is 1. The predicted molar refractivity (Wildman–Crippen MR) is 99.4 cm³/mol. The molecule has 0 unspecified atom stereocenters. The van der Waals surface area contributed by atoms with E-state index in [1.807, 2.05) is 0 Å². The number of halogens is 1. The molecule has 0 aliphatic carbocycles. The van der Waals surface area contributed by atoms with Gasteiger partial charge in [-0.15, -0.1) is 0 Å². The highest BCUT2D eigenvalue weighted by Gasteiger charge is 2.25. The first-order valence-electron chi connectivity index (χ1n) is 7.88. The van der Waals surface area contributed by atoms with E-state index in [1.165, 1.54) is 22.5 Å².